The van der Waals surface area contributed by atoms with E-state index in [9.17, 15) is 4.79 Å². The largest absolute Gasteiger partial charge is 0.469 e. The summed E-state index contributed by atoms with van der Waals surface area (Å²) in [5.41, 5.74) is 6.95. The first kappa shape index (κ1) is 13.1. The van der Waals surface area contributed by atoms with Crippen LogP contribution in [0.25, 0.3) is 0 Å². The van der Waals surface area contributed by atoms with Crippen LogP contribution in [0.15, 0.2) is 16.7 Å². The van der Waals surface area contributed by atoms with Crippen LogP contribution in [-0.2, 0) is 11.3 Å². The van der Waals surface area contributed by atoms with E-state index >= 15 is 0 Å². The number of hydrogen-bond donors (Lipinski definition) is 1. The summed E-state index contributed by atoms with van der Waals surface area (Å²) in [4.78, 5) is 14.1. The van der Waals surface area contributed by atoms with Crippen molar-refractivity contribution in [1.82, 2.24) is 4.90 Å². The topological polar surface area (TPSA) is 59.5 Å². The van der Waals surface area contributed by atoms with Gasteiger partial charge in [0.05, 0.1) is 6.26 Å². The second-order valence-corrected chi connectivity index (χ2v) is 5.31. The van der Waals surface area contributed by atoms with Crippen molar-refractivity contribution < 1.29 is 9.21 Å². The summed E-state index contributed by atoms with van der Waals surface area (Å²) in [5, 5.41) is 0. The highest BCUT2D eigenvalue weighted by atomic mass is 16.3. The highest BCUT2D eigenvalue weighted by Gasteiger charge is 2.27. The summed E-state index contributed by atoms with van der Waals surface area (Å²) in [6, 6.07) is 2.21. The van der Waals surface area contributed by atoms with E-state index in [0.29, 0.717) is 6.54 Å². The molecular formula is C14H22N2O2. The molecule has 0 radical (unpaired) electrons. The molecule has 1 aromatic heterocycles. The van der Waals surface area contributed by atoms with Gasteiger partial charge >= 0.3 is 0 Å². The van der Waals surface area contributed by atoms with E-state index in [1.54, 1.807) is 11.2 Å². The average molecular weight is 250 g/mol. The van der Waals surface area contributed by atoms with Gasteiger partial charge in [-0.25, -0.2) is 0 Å². The molecule has 0 aromatic carbocycles. The molecule has 0 spiro atoms. The minimum absolute atomic E-state index is 0.155. The highest BCUT2D eigenvalue weighted by molar-refractivity contribution is 5.78. The number of amides is 1. The number of furan rings is 1. The van der Waals surface area contributed by atoms with E-state index in [-0.39, 0.29) is 17.9 Å². The zero-order chi connectivity index (χ0) is 13.1. The fourth-order valence-electron chi connectivity index (χ4n) is 2.59. The fourth-order valence-corrected chi connectivity index (χ4v) is 2.59. The third kappa shape index (κ3) is 2.93. The Hall–Kier alpha value is -1.29. The molecule has 18 heavy (non-hydrogen) atoms. The Labute approximate surface area is 108 Å². The smallest absolute Gasteiger partial charge is 0.225 e. The van der Waals surface area contributed by atoms with E-state index in [0.717, 1.165) is 37.0 Å². The zero-order valence-corrected chi connectivity index (χ0v) is 11.2. The van der Waals surface area contributed by atoms with Crippen molar-refractivity contribution >= 4 is 5.91 Å². The molecule has 0 atom stereocenters. The van der Waals surface area contributed by atoms with Gasteiger partial charge in [-0.05, 0) is 38.7 Å². The maximum Gasteiger partial charge on any atom is 0.225 e. The van der Waals surface area contributed by atoms with Crippen LogP contribution in [-0.4, -0.2) is 23.9 Å². The molecule has 1 aliphatic carbocycles. The molecule has 0 aliphatic heterocycles. The Morgan fingerprint density at radius 1 is 1.44 bits per heavy atom. The van der Waals surface area contributed by atoms with Crippen LogP contribution in [0.5, 0.6) is 0 Å². The van der Waals surface area contributed by atoms with E-state index in [2.05, 4.69) is 0 Å². The molecule has 2 N–H and O–H groups in total. The normalized spacial score (nSPS) is 23.9. The van der Waals surface area contributed by atoms with Crippen LogP contribution >= 0.6 is 0 Å². The molecule has 1 fully saturated rings. The molecular weight excluding hydrogens is 228 g/mol. The average Bonchev–Trinajstić information content (AvgIpc) is 2.75. The molecule has 4 heteroatoms. The molecule has 0 unspecified atom stereocenters. The van der Waals surface area contributed by atoms with Crippen LogP contribution in [0, 0.1) is 12.8 Å². The van der Waals surface area contributed by atoms with E-state index in [4.69, 9.17) is 10.2 Å². The molecule has 4 nitrogen and oxygen atoms in total. The quantitative estimate of drug-likeness (QED) is 0.893. The second-order valence-electron chi connectivity index (χ2n) is 5.31. The van der Waals surface area contributed by atoms with Gasteiger partial charge in [0.1, 0.15) is 5.76 Å². The lowest BCUT2D eigenvalue weighted by Gasteiger charge is -2.28. The Kier molecular flexibility index (Phi) is 4.07. The van der Waals surface area contributed by atoms with Crippen LogP contribution in [0.2, 0.25) is 0 Å². The van der Waals surface area contributed by atoms with Gasteiger partial charge in [-0.1, -0.05) is 0 Å². The molecule has 100 valence electrons. The van der Waals surface area contributed by atoms with Gasteiger partial charge in [-0.3, -0.25) is 4.79 Å². The number of hydrogen-bond acceptors (Lipinski definition) is 3. The van der Waals surface area contributed by atoms with Gasteiger partial charge in [-0.2, -0.15) is 0 Å². The van der Waals surface area contributed by atoms with Crippen molar-refractivity contribution in [2.45, 2.75) is 45.2 Å². The number of rotatable bonds is 3. The SMILES string of the molecule is Cc1occc1CN(C)C(=O)C1CCC(N)CC1. The van der Waals surface area contributed by atoms with E-state index in [1.165, 1.54) is 0 Å². The lowest BCUT2D eigenvalue weighted by Crippen LogP contribution is -2.37. The van der Waals surface area contributed by atoms with Gasteiger partial charge in [0, 0.05) is 31.1 Å². The minimum Gasteiger partial charge on any atom is -0.469 e. The summed E-state index contributed by atoms with van der Waals surface area (Å²) in [6.45, 7) is 2.55. The summed E-state index contributed by atoms with van der Waals surface area (Å²) >= 11 is 0. The van der Waals surface area contributed by atoms with Crippen LogP contribution in [0.1, 0.15) is 37.0 Å². The molecule has 1 saturated carbocycles. The van der Waals surface area contributed by atoms with Crippen LogP contribution < -0.4 is 5.73 Å². The van der Waals surface area contributed by atoms with Crippen LogP contribution in [0.3, 0.4) is 0 Å². The molecule has 0 bridgehead atoms. The first-order valence-corrected chi connectivity index (χ1v) is 6.61. The van der Waals surface area contributed by atoms with Gasteiger partial charge in [0.15, 0.2) is 0 Å². The third-order valence-corrected chi connectivity index (χ3v) is 3.87. The summed E-state index contributed by atoms with van der Waals surface area (Å²) in [5.74, 6) is 1.28. The van der Waals surface area contributed by atoms with Crippen molar-refractivity contribution in [3.63, 3.8) is 0 Å². The van der Waals surface area contributed by atoms with Crippen molar-refractivity contribution in [2.75, 3.05) is 7.05 Å². The first-order chi connectivity index (χ1) is 8.58. The molecule has 1 aliphatic rings. The monoisotopic (exact) mass is 250 g/mol. The Bertz CT molecular complexity index is 406. The van der Waals surface area contributed by atoms with E-state index < -0.39 is 0 Å². The molecule has 1 aromatic rings. The summed E-state index contributed by atoms with van der Waals surface area (Å²) < 4.78 is 5.25. The Balaban J connectivity index is 1.91. The summed E-state index contributed by atoms with van der Waals surface area (Å²) in [7, 11) is 1.86. The highest BCUT2D eigenvalue weighted by Crippen LogP contribution is 2.25. The number of carbonyl (C=O) groups is 1. The van der Waals surface area contributed by atoms with Gasteiger partial charge in [0.25, 0.3) is 0 Å². The van der Waals surface area contributed by atoms with Crippen LogP contribution in [0.4, 0.5) is 0 Å². The van der Waals surface area contributed by atoms with Gasteiger partial charge in [0.2, 0.25) is 5.91 Å². The fraction of sp³-hybridized carbons (Fsp3) is 0.643. The zero-order valence-electron chi connectivity index (χ0n) is 11.2. The number of aryl methyl sites for hydroxylation is 1. The molecule has 0 saturated heterocycles. The molecule has 1 amide bonds. The van der Waals surface area contributed by atoms with Crippen molar-refractivity contribution in [1.29, 1.82) is 0 Å². The van der Waals surface area contributed by atoms with Gasteiger partial charge < -0.3 is 15.1 Å². The van der Waals surface area contributed by atoms with Crippen molar-refractivity contribution in [2.24, 2.45) is 11.7 Å². The third-order valence-electron chi connectivity index (χ3n) is 3.87. The lowest BCUT2D eigenvalue weighted by atomic mass is 9.85. The first-order valence-electron chi connectivity index (χ1n) is 6.61. The predicted molar refractivity (Wildman–Crippen MR) is 69.9 cm³/mol. The standard InChI is InChI=1S/C14H22N2O2/c1-10-12(7-8-18-10)9-16(2)14(17)11-3-5-13(15)6-4-11/h7-8,11,13H,3-6,9,15H2,1-2H3. The minimum atomic E-state index is 0.155. The lowest BCUT2D eigenvalue weighted by molar-refractivity contribution is -0.135. The Morgan fingerprint density at radius 2 is 2.11 bits per heavy atom. The number of nitrogens with two attached hydrogens (primary N) is 1. The maximum atomic E-state index is 12.3. The molecule has 1 heterocycles. The Morgan fingerprint density at radius 3 is 2.67 bits per heavy atom. The molecule has 2 rings (SSSR count). The second kappa shape index (κ2) is 5.57. The van der Waals surface area contributed by atoms with Gasteiger partial charge in [-0.15, -0.1) is 0 Å². The van der Waals surface area contributed by atoms with Crippen molar-refractivity contribution in [3.05, 3.63) is 23.7 Å². The number of carbonyl (C=O) groups excluding carboxylic acids is 1. The van der Waals surface area contributed by atoms with Crippen molar-refractivity contribution in [3.8, 4) is 0 Å². The maximum absolute atomic E-state index is 12.3. The van der Waals surface area contributed by atoms with E-state index in [1.807, 2.05) is 20.0 Å². The predicted octanol–water partition coefficient (Wildman–Crippen LogP) is 2.06. The summed E-state index contributed by atoms with van der Waals surface area (Å²) in [6.07, 6.45) is 5.45. The number of nitrogens with zero attached hydrogens (tertiary/aromatic N) is 1.